The predicted molar refractivity (Wildman–Crippen MR) is 32.3 cm³/mol. The van der Waals surface area contributed by atoms with E-state index in [1.165, 1.54) is 0 Å². The van der Waals surface area contributed by atoms with Crippen molar-refractivity contribution in [3.05, 3.63) is 10.4 Å². The first-order valence-corrected chi connectivity index (χ1v) is 2.54. The molecule has 0 aliphatic rings. The van der Waals surface area contributed by atoms with Gasteiger partial charge in [-0.25, -0.2) is 0 Å². The minimum absolute atomic E-state index is 0.139. The molecule has 0 rings (SSSR count). The van der Waals surface area contributed by atoms with Gasteiger partial charge in [0.25, 0.3) is 0 Å². The highest BCUT2D eigenvalue weighted by Crippen LogP contribution is 1.85. The van der Waals surface area contributed by atoms with E-state index in [2.05, 4.69) is 10.0 Å². The third kappa shape index (κ3) is 5.27. The topological polar surface area (TPSA) is 74.8 Å². The molecule has 2 N–H and O–H groups in total. The lowest BCUT2D eigenvalue weighted by Gasteiger charge is -1.96. The van der Waals surface area contributed by atoms with Gasteiger partial charge in [-0.3, -0.25) is 0 Å². The Morgan fingerprint density at radius 3 is 2.88 bits per heavy atom. The molecule has 0 aromatic rings. The molecule has 0 aliphatic heterocycles. The minimum Gasteiger partial charge on any atom is -0.328 e. The first-order chi connectivity index (χ1) is 3.77. The summed E-state index contributed by atoms with van der Waals surface area (Å²) in [6.07, 6.45) is 0.768. The monoisotopic (exact) mass is 114 g/mol. The summed E-state index contributed by atoms with van der Waals surface area (Å²) in [6.45, 7) is 2.39. The predicted octanol–water partition coefficient (Wildman–Crippen LogP) is 1.03. The van der Waals surface area contributed by atoms with E-state index in [1.54, 1.807) is 0 Å². The maximum Gasteiger partial charge on any atom is 0.0272 e. The quantitative estimate of drug-likeness (QED) is 0.332. The van der Waals surface area contributed by atoms with Crippen LogP contribution in [-0.2, 0) is 0 Å². The molecule has 0 aromatic carbocycles. The lowest BCUT2D eigenvalue weighted by Crippen LogP contribution is -2.15. The van der Waals surface area contributed by atoms with E-state index in [0.29, 0.717) is 6.54 Å². The van der Waals surface area contributed by atoms with Crippen LogP contribution in [0.3, 0.4) is 0 Å². The van der Waals surface area contributed by atoms with Gasteiger partial charge < -0.3 is 5.73 Å². The molecule has 0 spiro atoms. The van der Waals surface area contributed by atoms with Crippen LogP contribution in [0, 0.1) is 0 Å². The van der Waals surface area contributed by atoms with Gasteiger partial charge in [0.05, 0.1) is 0 Å². The molecule has 0 heterocycles. The Labute approximate surface area is 48.3 Å². The zero-order chi connectivity index (χ0) is 6.41. The molecule has 0 aromatic heterocycles. The van der Waals surface area contributed by atoms with Gasteiger partial charge in [-0.05, 0) is 18.9 Å². The number of nitrogens with zero attached hydrogens (tertiary/aromatic N) is 3. The van der Waals surface area contributed by atoms with Crippen molar-refractivity contribution in [2.75, 3.05) is 6.54 Å². The minimum atomic E-state index is 0.139. The molecule has 0 radical (unpaired) electrons. The smallest absolute Gasteiger partial charge is 0.0272 e. The second-order valence-corrected chi connectivity index (χ2v) is 1.72. The normalized spacial score (nSPS) is 12.2. The Balaban J connectivity index is 3.05. The number of rotatable bonds is 3. The van der Waals surface area contributed by atoms with E-state index in [4.69, 9.17) is 11.3 Å². The average Bonchev–Trinajstić information content (AvgIpc) is 1.66. The molecule has 0 unspecified atom stereocenters. The van der Waals surface area contributed by atoms with Crippen LogP contribution < -0.4 is 5.73 Å². The highest BCUT2D eigenvalue weighted by Gasteiger charge is 1.88. The maximum atomic E-state index is 7.80. The van der Waals surface area contributed by atoms with Crippen LogP contribution in [0.25, 0.3) is 10.4 Å². The maximum absolute atomic E-state index is 7.80. The third-order valence-electron chi connectivity index (χ3n) is 0.748. The first kappa shape index (κ1) is 7.27. The Hall–Kier alpha value is -0.730. The van der Waals surface area contributed by atoms with Crippen molar-refractivity contribution in [1.29, 1.82) is 0 Å². The summed E-state index contributed by atoms with van der Waals surface area (Å²) in [6, 6.07) is 0.139. The van der Waals surface area contributed by atoms with E-state index in [9.17, 15) is 0 Å². The van der Waals surface area contributed by atoms with Crippen LogP contribution in [0.5, 0.6) is 0 Å². The largest absolute Gasteiger partial charge is 0.328 e. The first-order valence-electron chi connectivity index (χ1n) is 2.54. The van der Waals surface area contributed by atoms with Crippen LogP contribution in [0.1, 0.15) is 13.3 Å². The summed E-state index contributed by atoms with van der Waals surface area (Å²) >= 11 is 0. The molecular weight excluding hydrogens is 104 g/mol. The van der Waals surface area contributed by atoms with Crippen LogP contribution in [0.2, 0.25) is 0 Å². The average molecular weight is 114 g/mol. The molecule has 8 heavy (non-hydrogen) atoms. The van der Waals surface area contributed by atoms with Crippen LogP contribution in [0.15, 0.2) is 5.11 Å². The van der Waals surface area contributed by atoms with Gasteiger partial charge in [0.1, 0.15) is 0 Å². The van der Waals surface area contributed by atoms with Gasteiger partial charge in [0, 0.05) is 17.5 Å². The fraction of sp³-hybridized carbons (Fsp3) is 1.00. The van der Waals surface area contributed by atoms with Crippen molar-refractivity contribution in [3.63, 3.8) is 0 Å². The zero-order valence-corrected chi connectivity index (χ0v) is 4.91. The molecular formula is C4H10N4. The summed E-state index contributed by atoms with van der Waals surface area (Å²) in [5.41, 5.74) is 13.1. The van der Waals surface area contributed by atoms with Gasteiger partial charge in [0.2, 0.25) is 0 Å². The summed E-state index contributed by atoms with van der Waals surface area (Å²) in [4.78, 5) is 2.58. The summed E-state index contributed by atoms with van der Waals surface area (Å²) in [5.74, 6) is 0. The molecule has 0 saturated carbocycles. The molecule has 4 nitrogen and oxygen atoms in total. The molecule has 1 atom stereocenters. The van der Waals surface area contributed by atoms with Crippen molar-refractivity contribution >= 4 is 0 Å². The summed E-state index contributed by atoms with van der Waals surface area (Å²) in [5, 5.41) is 3.31. The lowest BCUT2D eigenvalue weighted by molar-refractivity contribution is 0.674. The number of hydrogen-bond acceptors (Lipinski definition) is 2. The SMILES string of the molecule is C[C@@H](N)CCN=[N+]=[N-]. The fourth-order valence-corrected chi connectivity index (χ4v) is 0.306. The van der Waals surface area contributed by atoms with E-state index in [0.717, 1.165) is 6.42 Å². The number of hydrogen-bond donors (Lipinski definition) is 1. The van der Waals surface area contributed by atoms with Gasteiger partial charge >= 0.3 is 0 Å². The van der Waals surface area contributed by atoms with Gasteiger partial charge in [0.15, 0.2) is 0 Å². The molecule has 0 amide bonds. The molecule has 4 heteroatoms. The fourth-order valence-electron chi connectivity index (χ4n) is 0.306. The highest BCUT2D eigenvalue weighted by molar-refractivity contribution is 4.55. The lowest BCUT2D eigenvalue weighted by atomic mass is 10.3. The Kier molecular flexibility index (Phi) is 4.03. The molecule has 0 saturated heterocycles. The molecule has 0 bridgehead atoms. The standard InChI is InChI=1S/C4H10N4/c1-4(5)2-3-7-8-6/h4H,2-3,5H2,1H3/t4-/m1/s1. The Morgan fingerprint density at radius 1 is 1.88 bits per heavy atom. The van der Waals surface area contributed by atoms with Crippen molar-refractivity contribution < 1.29 is 0 Å². The summed E-state index contributed by atoms with van der Waals surface area (Å²) < 4.78 is 0. The third-order valence-corrected chi connectivity index (χ3v) is 0.748. The van der Waals surface area contributed by atoms with Crippen molar-refractivity contribution in [1.82, 2.24) is 0 Å². The van der Waals surface area contributed by atoms with Crippen LogP contribution in [-0.4, -0.2) is 12.6 Å². The number of azide groups is 1. The van der Waals surface area contributed by atoms with E-state index in [1.807, 2.05) is 6.92 Å². The van der Waals surface area contributed by atoms with E-state index >= 15 is 0 Å². The van der Waals surface area contributed by atoms with Gasteiger partial charge in [-0.2, -0.15) is 0 Å². The van der Waals surface area contributed by atoms with E-state index < -0.39 is 0 Å². The van der Waals surface area contributed by atoms with Gasteiger partial charge in [-0.1, -0.05) is 5.11 Å². The molecule has 0 fully saturated rings. The van der Waals surface area contributed by atoms with Crippen LogP contribution in [0.4, 0.5) is 0 Å². The second kappa shape index (κ2) is 4.43. The second-order valence-electron chi connectivity index (χ2n) is 1.72. The van der Waals surface area contributed by atoms with Crippen molar-refractivity contribution in [2.45, 2.75) is 19.4 Å². The van der Waals surface area contributed by atoms with Crippen molar-refractivity contribution in [3.8, 4) is 0 Å². The zero-order valence-electron chi connectivity index (χ0n) is 4.91. The van der Waals surface area contributed by atoms with Gasteiger partial charge in [-0.15, -0.1) is 0 Å². The van der Waals surface area contributed by atoms with Crippen LogP contribution >= 0.6 is 0 Å². The van der Waals surface area contributed by atoms with Crippen molar-refractivity contribution in [2.24, 2.45) is 10.8 Å². The molecule has 0 aliphatic carbocycles. The molecule has 46 valence electrons. The van der Waals surface area contributed by atoms with E-state index in [-0.39, 0.29) is 6.04 Å². The summed E-state index contributed by atoms with van der Waals surface area (Å²) in [7, 11) is 0. The Morgan fingerprint density at radius 2 is 2.50 bits per heavy atom. The Bertz CT molecular complexity index is 92.2. The number of nitrogens with two attached hydrogens (primary N) is 1. The highest BCUT2D eigenvalue weighted by atomic mass is 15.1.